The van der Waals surface area contributed by atoms with Crippen molar-refractivity contribution in [2.75, 3.05) is 0 Å². The fourth-order valence-corrected chi connectivity index (χ4v) is 6.67. The van der Waals surface area contributed by atoms with E-state index in [-0.39, 0.29) is 0 Å². The highest BCUT2D eigenvalue weighted by Crippen LogP contribution is 2.48. The smallest absolute Gasteiger partial charge is 0.183 e. The molecule has 1 aliphatic heterocycles. The summed E-state index contributed by atoms with van der Waals surface area (Å²) in [7, 11) is 0. The molecule has 0 amide bonds. The average molecular weight is 640 g/mol. The third kappa shape index (κ3) is 3.40. The molecule has 1 heterocycles. The summed E-state index contributed by atoms with van der Waals surface area (Å²) in [5, 5.41) is 10.8. The summed E-state index contributed by atoms with van der Waals surface area (Å²) in [4.78, 5) is 23.5. The van der Waals surface area contributed by atoms with E-state index in [0.717, 1.165) is 49.3 Å². The zero-order chi connectivity index (χ0) is 20.9. The molecule has 0 aromatic heterocycles. The van der Waals surface area contributed by atoms with Gasteiger partial charge >= 0.3 is 0 Å². The van der Waals surface area contributed by atoms with Crippen molar-refractivity contribution >= 4 is 76.3 Å². The second-order valence-electron chi connectivity index (χ2n) is 6.68. The van der Waals surface area contributed by atoms with E-state index in [1.807, 2.05) is 20.8 Å². The lowest BCUT2D eigenvalue weighted by molar-refractivity contribution is -0.152. The van der Waals surface area contributed by atoms with Crippen molar-refractivity contribution < 1.29 is 19.4 Å². The van der Waals surface area contributed by atoms with Crippen molar-refractivity contribution in [3.63, 3.8) is 0 Å². The maximum Gasteiger partial charge on any atom is 0.183 e. The van der Waals surface area contributed by atoms with Gasteiger partial charge in [-0.1, -0.05) is 15.9 Å². The molecule has 2 atom stereocenters. The van der Waals surface area contributed by atoms with Crippen LogP contribution in [0.2, 0.25) is 0 Å². The van der Waals surface area contributed by atoms with Gasteiger partial charge in [0, 0.05) is 41.0 Å². The van der Waals surface area contributed by atoms with Crippen LogP contribution in [0.5, 0.6) is 0 Å². The Balaban J connectivity index is 2.26. The van der Waals surface area contributed by atoms with Gasteiger partial charge in [0.2, 0.25) is 0 Å². The fourth-order valence-electron chi connectivity index (χ4n) is 3.64. The first-order valence-electron chi connectivity index (χ1n) is 8.37. The fraction of sp³-hybridized carbons (Fsp3) is 0.300. The summed E-state index contributed by atoms with van der Waals surface area (Å²) in [6, 6.07) is 0. The lowest BCUT2D eigenvalue weighted by Gasteiger charge is -2.34. The van der Waals surface area contributed by atoms with E-state index >= 15 is 0 Å². The van der Waals surface area contributed by atoms with Crippen LogP contribution in [0.3, 0.4) is 0 Å². The molecule has 0 bridgehead atoms. The number of aldehydes is 2. The number of hydrogen-bond acceptors (Lipinski definition) is 4. The number of ether oxygens (including phenoxy) is 1. The average Bonchev–Trinajstić information content (AvgIpc) is 2.65. The van der Waals surface area contributed by atoms with E-state index < -0.39 is 12.4 Å². The van der Waals surface area contributed by atoms with Crippen LogP contribution in [0.15, 0.2) is 17.9 Å². The molecule has 148 valence electrons. The maximum absolute atomic E-state index is 11.8. The van der Waals surface area contributed by atoms with Crippen molar-refractivity contribution in [2.24, 2.45) is 0 Å². The highest BCUT2D eigenvalue weighted by Gasteiger charge is 2.35. The van der Waals surface area contributed by atoms with Gasteiger partial charge in [0.15, 0.2) is 18.9 Å². The van der Waals surface area contributed by atoms with Gasteiger partial charge in [0.05, 0.1) is 6.10 Å². The van der Waals surface area contributed by atoms with Gasteiger partial charge in [-0.3, -0.25) is 9.59 Å². The van der Waals surface area contributed by atoms with Crippen LogP contribution in [0.25, 0.3) is 0 Å². The van der Waals surface area contributed by atoms with Gasteiger partial charge in [-0.05, 0) is 96.4 Å². The van der Waals surface area contributed by atoms with Crippen molar-refractivity contribution in [1.82, 2.24) is 0 Å². The predicted molar refractivity (Wildman–Crippen MR) is 121 cm³/mol. The Hall–Kier alpha value is -0.380. The molecule has 4 nitrogen and oxygen atoms in total. The third-order valence-electron chi connectivity index (χ3n) is 5.21. The Labute approximate surface area is 196 Å². The summed E-state index contributed by atoms with van der Waals surface area (Å²) in [6.45, 7) is 5.60. The van der Waals surface area contributed by atoms with Crippen LogP contribution < -0.4 is 0 Å². The second kappa shape index (κ2) is 8.40. The van der Waals surface area contributed by atoms with Crippen molar-refractivity contribution in [1.29, 1.82) is 0 Å². The molecule has 28 heavy (non-hydrogen) atoms. The molecule has 0 radical (unpaired) electrons. The van der Waals surface area contributed by atoms with Crippen molar-refractivity contribution in [2.45, 2.75) is 39.6 Å². The zero-order valence-corrected chi connectivity index (χ0v) is 21.5. The van der Waals surface area contributed by atoms with Crippen molar-refractivity contribution in [3.8, 4) is 0 Å². The van der Waals surface area contributed by atoms with Gasteiger partial charge in [-0.15, -0.1) is 0 Å². The number of rotatable bonds is 3. The molecular weight excluding hydrogens is 624 g/mol. The summed E-state index contributed by atoms with van der Waals surface area (Å²) in [6.07, 6.45) is 0.258. The summed E-state index contributed by atoms with van der Waals surface area (Å²) >= 11 is 14.1. The Bertz CT molecular complexity index is 1020. The van der Waals surface area contributed by atoms with E-state index in [2.05, 4.69) is 63.7 Å². The highest BCUT2D eigenvalue weighted by atomic mass is 79.9. The molecule has 0 spiro atoms. The van der Waals surface area contributed by atoms with Crippen LogP contribution in [0, 0.1) is 20.8 Å². The largest absolute Gasteiger partial charge is 0.364 e. The predicted octanol–water partition coefficient (Wildman–Crippen LogP) is 6.59. The molecule has 0 aliphatic carbocycles. The van der Waals surface area contributed by atoms with Crippen LogP contribution in [0.4, 0.5) is 0 Å². The number of carbonyl (C=O) groups is 2. The molecule has 2 aromatic rings. The molecule has 8 heteroatoms. The van der Waals surface area contributed by atoms with E-state index in [4.69, 9.17) is 4.74 Å². The quantitative estimate of drug-likeness (QED) is 0.385. The summed E-state index contributed by atoms with van der Waals surface area (Å²) in [5.41, 5.74) is 5.58. The minimum absolute atomic E-state index is 0.386. The first-order valence-corrected chi connectivity index (χ1v) is 11.5. The normalized spacial score (nSPS) is 18.7. The number of hydrogen-bond donors (Lipinski definition) is 1. The lowest BCUT2D eigenvalue weighted by atomic mass is 9.87. The number of benzene rings is 2. The molecular formula is C20H16Br4O4. The molecule has 1 aliphatic rings. The standard InChI is InChI=1S/C20H16Br4O4/c1-7-11(5-25)16(21)8(2)18(23)14(7)13-4-10-12(6-26)17(22)9(3)19(24)15(10)20(27)28-13/h5-6,13,20,27H,4H2,1-3H3. The van der Waals surface area contributed by atoms with Gasteiger partial charge in [-0.25, -0.2) is 0 Å². The van der Waals surface area contributed by atoms with Crippen LogP contribution >= 0.6 is 63.7 Å². The van der Waals surface area contributed by atoms with E-state index in [9.17, 15) is 14.7 Å². The summed E-state index contributed by atoms with van der Waals surface area (Å²) < 4.78 is 8.90. The van der Waals surface area contributed by atoms with Crippen LogP contribution in [-0.4, -0.2) is 17.7 Å². The number of carbonyl (C=O) groups excluding carboxylic acids is 2. The molecule has 0 saturated carbocycles. The number of aliphatic hydroxyl groups is 1. The van der Waals surface area contributed by atoms with Gasteiger partial charge in [0.25, 0.3) is 0 Å². The molecule has 2 aromatic carbocycles. The van der Waals surface area contributed by atoms with Crippen LogP contribution in [0.1, 0.15) is 66.5 Å². The zero-order valence-electron chi connectivity index (χ0n) is 15.2. The topological polar surface area (TPSA) is 63.6 Å². The number of fused-ring (bicyclic) bond motifs is 1. The van der Waals surface area contributed by atoms with E-state index in [1.165, 1.54) is 0 Å². The SMILES string of the molecule is Cc1c(Br)c(C=O)c2c(c1Br)C(O)OC(c1c(C)c(C=O)c(Br)c(C)c1Br)C2. The Morgan fingerprint density at radius 3 is 1.86 bits per heavy atom. The Kier molecular flexibility index (Phi) is 6.69. The Morgan fingerprint density at radius 2 is 1.32 bits per heavy atom. The first kappa shape index (κ1) is 22.3. The lowest BCUT2D eigenvalue weighted by Crippen LogP contribution is -2.24. The number of aliphatic hydroxyl groups excluding tert-OH is 1. The molecule has 2 unspecified atom stereocenters. The molecule has 0 fully saturated rings. The van der Waals surface area contributed by atoms with Crippen molar-refractivity contribution in [3.05, 3.63) is 62.4 Å². The molecule has 0 saturated heterocycles. The third-order valence-corrected chi connectivity index (χ3v) is 9.30. The summed E-state index contributed by atoms with van der Waals surface area (Å²) in [5.74, 6) is 0. The minimum atomic E-state index is -1.21. The van der Waals surface area contributed by atoms with E-state index in [0.29, 0.717) is 32.1 Å². The Morgan fingerprint density at radius 1 is 0.821 bits per heavy atom. The molecule has 1 N–H and O–H groups in total. The second-order valence-corrected chi connectivity index (χ2v) is 9.85. The van der Waals surface area contributed by atoms with E-state index in [1.54, 1.807) is 0 Å². The first-order chi connectivity index (χ1) is 13.1. The highest BCUT2D eigenvalue weighted by molar-refractivity contribution is 9.11. The number of halogens is 4. The molecule has 3 rings (SSSR count). The monoisotopic (exact) mass is 636 g/mol. The maximum atomic E-state index is 11.8. The van der Waals surface area contributed by atoms with Gasteiger partial charge in [0.1, 0.15) is 0 Å². The minimum Gasteiger partial charge on any atom is -0.364 e. The van der Waals surface area contributed by atoms with Crippen LogP contribution in [-0.2, 0) is 11.2 Å². The van der Waals surface area contributed by atoms with Gasteiger partial charge in [-0.2, -0.15) is 0 Å². The van der Waals surface area contributed by atoms with Gasteiger partial charge < -0.3 is 9.84 Å².